The molecule has 0 fully saturated rings. The van der Waals surface area contributed by atoms with Crippen LogP contribution in [0, 0.1) is 6.92 Å². The van der Waals surface area contributed by atoms with Gasteiger partial charge in [-0.2, -0.15) is 0 Å². The lowest BCUT2D eigenvalue weighted by Crippen LogP contribution is -2.13. The number of benzene rings is 2. The van der Waals surface area contributed by atoms with Crippen LogP contribution in [0.1, 0.15) is 5.56 Å². The van der Waals surface area contributed by atoms with E-state index in [1.807, 2.05) is 6.92 Å². The molecule has 25 heavy (non-hydrogen) atoms. The number of hydrogen-bond donors (Lipinski definition) is 3. The molecule has 2 aromatic rings. The zero-order valence-corrected chi connectivity index (χ0v) is 14.1. The molecule has 0 unspecified atom stereocenters. The smallest absolute Gasteiger partial charge is 0.328 e. The zero-order valence-electron chi connectivity index (χ0n) is 13.3. The van der Waals surface area contributed by atoms with Crippen molar-refractivity contribution >= 4 is 33.3 Å². The van der Waals surface area contributed by atoms with Gasteiger partial charge < -0.3 is 10.4 Å². The number of anilines is 2. The molecule has 8 heteroatoms. The summed E-state index contributed by atoms with van der Waals surface area (Å²) in [5.41, 5.74) is 1.69. The Morgan fingerprint density at radius 2 is 1.48 bits per heavy atom. The number of aliphatic carboxylic acids is 1. The van der Waals surface area contributed by atoms with Crippen LogP contribution >= 0.6 is 0 Å². The second-order valence-electron chi connectivity index (χ2n) is 5.16. The van der Waals surface area contributed by atoms with Crippen LogP contribution in [0.4, 0.5) is 11.4 Å². The Labute approximate surface area is 145 Å². The molecule has 2 rings (SSSR count). The topological polar surface area (TPSA) is 113 Å². The molecule has 0 aliphatic carbocycles. The van der Waals surface area contributed by atoms with Crippen LogP contribution in [0.5, 0.6) is 0 Å². The number of carbonyl (C=O) groups is 2. The average Bonchev–Trinajstić information content (AvgIpc) is 2.55. The van der Waals surface area contributed by atoms with Crippen LogP contribution in [0.25, 0.3) is 0 Å². The van der Waals surface area contributed by atoms with E-state index in [9.17, 15) is 18.0 Å². The Bertz CT molecular complexity index is 901. The van der Waals surface area contributed by atoms with Crippen LogP contribution < -0.4 is 10.0 Å². The minimum atomic E-state index is -3.70. The molecule has 0 saturated carbocycles. The van der Waals surface area contributed by atoms with Crippen LogP contribution in [-0.4, -0.2) is 25.4 Å². The van der Waals surface area contributed by atoms with E-state index >= 15 is 0 Å². The molecule has 0 aliphatic rings. The summed E-state index contributed by atoms with van der Waals surface area (Å²) in [4.78, 5) is 22.0. The summed E-state index contributed by atoms with van der Waals surface area (Å²) < 4.78 is 27.0. The van der Waals surface area contributed by atoms with Gasteiger partial charge in [0, 0.05) is 23.5 Å². The summed E-state index contributed by atoms with van der Waals surface area (Å²) in [7, 11) is -3.70. The Morgan fingerprint density at radius 1 is 0.920 bits per heavy atom. The largest absolute Gasteiger partial charge is 0.478 e. The molecule has 2 aromatic carbocycles. The van der Waals surface area contributed by atoms with Gasteiger partial charge in [-0.1, -0.05) is 17.7 Å². The molecule has 0 bridgehead atoms. The van der Waals surface area contributed by atoms with Gasteiger partial charge in [-0.25, -0.2) is 13.2 Å². The summed E-state index contributed by atoms with van der Waals surface area (Å²) >= 11 is 0. The monoisotopic (exact) mass is 360 g/mol. The number of rotatable bonds is 6. The molecule has 0 aliphatic heterocycles. The van der Waals surface area contributed by atoms with E-state index in [1.54, 1.807) is 12.1 Å². The van der Waals surface area contributed by atoms with Crippen molar-refractivity contribution in [1.29, 1.82) is 0 Å². The Balaban J connectivity index is 2.06. The number of carboxylic acids is 1. The van der Waals surface area contributed by atoms with Gasteiger partial charge in [0.1, 0.15) is 0 Å². The maximum atomic E-state index is 12.3. The van der Waals surface area contributed by atoms with E-state index < -0.39 is 21.9 Å². The number of carboxylic acid groups (broad SMARTS) is 1. The standard InChI is InChI=1S/C17H16N2O5S/c1-12-2-8-15(9-3-12)25(23,24)19-14-6-4-13(5-7-14)18-16(20)10-11-17(21)22/h2-11,19H,1H3,(H,18,20)(H,21,22)/b11-10+. The van der Waals surface area contributed by atoms with Gasteiger partial charge in [-0.3, -0.25) is 9.52 Å². The third kappa shape index (κ3) is 5.47. The van der Waals surface area contributed by atoms with Gasteiger partial charge in [0.2, 0.25) is 5.91 Å². The number of amides is 1. The van der Waals surface area contributed by atoms with Gasteiger partial charge in [-0.05, 0) is 43.3 Å². The molecule has 0 saturated heterocycles. The maximum Gasteiger partial charge on any atom is 0.328 e. The van der Waals surface area contributed by atoms with Gasteiger partial charge in [0.05, 0.1) is 4.90 Å². The van der Waals surface area contributed by atoms with Crippen molar-refractivity contribution < 1.29 is 23.1 Å². The number of hydrogen-bond acceptors (Lipinski definition) is 4. The molecule has 0 aromatic heterocycles. The normalized spacial score (nSPS) is 11.2. The Morgan fingerprint density at radius 3 is 2.04 bits per heavy atom. The molecule has 0 atom stereocenters. The van der Waals surface area contributed by atoms with E-state index in [0.717, 1.165) is 17.7 Å². The molecule has 130 valence electrons. The third-order valence-electron chi connectivity index (χ3n) is 3.11. The third-order valence-corrected chi connectivity index (χ3v) is 4.51. The lowest BCUT2D eigenvalue weighted by molar-refractivity contribution is -0.131. The number of carbonyl (C=O) groups excluding carboxylic acids is 1. The first-order chi connectivity index (χ1) is 11.8. The van der Waals surface area contributed by atoms with Crippen molar-refractivity contribution in [3.8, 4) is 0 Å². The fourth-order valence-corrected chi connectivity index (χ4v) is 2.94. The van der Waals surface area contributed by atoms with Crippen LogP contribution in [-0.2, 0) is 19.6 Å². The Hall–Kier alpha value is -3.13. The highest BCUT2D eigenvalue weighted by Crippen LogP contribution is 2.18. The van der Waals surface area contributed by atoms with E-state index in [2.05, 4.69) is 10.0 Å². The quantitative estimate of drug-likeness (QED) is 0.685. The van der Waals surface area contributed by atoms with Crippen LogP contribution in [0.3, 0.4) is 0 Å². The van der Waals surface area contributed by atoms with Crippen molar-refractivity contribution in [2.45, 2.75) is 11.8 Å². The first kappa shape index (κ1) is 18.2. The Kier molecular flexibility index (Phi) is 5.56. The molecule has 7 nitrogen and oxygen atoms in total. The maximum absolute atomic E-state index is 12.3. The number of sulfonamides is 1. The van der Waals surface area contributed by atoms with Crippen molar-refractivity contribution in [1.82, 2.24) is 0 Å². The predicted molar refractivity (Wildman–Crippen MR) is 93.8 cm³/mol. The fourth-order valence-electron chi connectivity index (χ4n) is 1.88. The summed E-state index contributed by atoms with van der Waals surface area (Å²) in [6, 6.07) is 12.4. The molecule has 0 radical (unpaired) electrons. The lowest BCUT2D eigenvalue weighted by Gasteiger charge is -2.09. The summed E-state index contributed by atoms with van der Waals surface area (Å²) in [6.07, 6.45) is 1.61. The van der Waals surface area contributed by atoms with Crippen molar-refractivity contribution in [2.24, 2.45) is 0 Å². The first-order valence-electron chi connectivity index (χ1n) is 7.18. The highest BCUT2D eigenvalue weighted by atomic mass is 32.2. The molecule has 3 N–H and O–H groups in total. The predicted octanol–water partition coefficient (Wildman–Crippen LogP) is 2.38. The SMILES string of the molecule is Cc1ccc(S(=O)(=O)Nc2ccc(NC(=O)/C=C/C(=O)O)cc2)cc1. The summed E-state index contributed by atoms with van der Waals surface area (Å²) in [5.74, 6) is -1.83. The van der Waals surface area contributed by atoms with Gasteiger partial charge in [-0.15, -0.1) is 0 Å². The average molecular weight is 360 g/mol. The van der Waals surface area contributed by atoms with Crippen molar-refractivity contribution in [3.05, 3.63) is 66.2 Å². The minimum Gasteiger partial charge on any atom is -0.478 e. The number of aryl methyl sites for hydroxylation is 1. The van der Waals surface area contributed by atoms with Crippen LogP contribution in [0.15, 0.2) is 65.6 Å². The minimum absolute atomic E-state index is 0.147. The van der Waals surface area contributed by atoms with Gasteiger partial charge in [0.15, 0.2) is 0 Å². The molecular formula is C17H16N2O5S. The highest BCUT2D eigenvalue weighted by Gasteiger charge is 2.13. The van der Waals surface area contributed by atoms with Crippen molar-refractivity contribution in [3.63, 3.8) is 0 Å². The second kappa shape index (κ2) is 7.63. The van der Waals surface area contributed by atoms with Crippen LogP contribution in [0.2, 0.25) is 0 Å². The number of nitrogens with one attached hydrogen (secondary N) is 2. The molecule has 0 heterocycles. The summed E-state index contributed by atoms with van der Waals surface area (Å²) in [5, 5.41) is 10.9. The molecule has 0 spiro atoms. The van der Waals surface area contributed by atoms with E-state index in [4.69, 9.17) is 5.11 Å². The van der Waals surface area contributed by atoms with Gasteiger partial charge in [0.25, 0.3) is 10.0 Å². The molecular weight excluding hydrogens is 344 g/mol. The summed E-state index contributed by atoms with van der Waals surface area (Å²) in [6.45, 7) is 1.86. The lowest BCUT2D eigenvalue weighted by atomic mass is 10.2. The molecule has 1 amide bonds. The van der Waals surface area contributed by atoms with E-state index in [0.29, 0.717) is 11.4 Å². The second-order valence-corrected chi connectivity index (χ2v) is 6.84. The zero-order chi connectivity index (χ0) is 18.4. The van der Waals surface area contributed by atoms with Gasteiger partial charge >= 0.3 is 5.97 Å². The fraction of sp³-hybridized carbons (Fsp3) is 0.0588. The van der Waals surface area contributed by atoms with E-state index in [1.165, 1.54) is 36.4 Å². The highest BCUT2D eigenvalue weighted by molar-refractivity contribution is 7.92. The van der Waals surface area contributed by atoms with E-state index in [-0.39, 0.29) is 4.90 Å². The first-order valence-corrected chi connectivity index (χ1v) is 8.66. The van der Waals surface area contributed by atoms with Crippen molar-refractivity contribution in [2.75, 3.05) is 10.0 Å².